The normalized spacial score (nSPS) is 30.5. The first-order valence-electron chi connectivity index (χ1n) is 12.0. The van der Waals surface area contributed by atoms with Crippen LogP contribution >= 0.6 is 23.2 Å². The molecule has 33 heavy (non-hydrogen) atoms. The molecule has 4 aliphatic rings. The highest BCUT2D eigenvalue weighted by atomic mass is 35.5. The quantitative estimate of drug-likeness (QED) is 0.463. The van der Waals surface area contributed by atoms with E-state index < -0.39 is 5.91 Å². The monoisotopic (exact) mass is 493 g/mol. The molecule has 180 valence electrons. The van der Waals surface area contributed by atoms with Gasteiger partial charge in [0.1, 0.15) is 0 Å². The van der Waals surface area contributed by atoms with Gasteiger partial charge in [0.2, 0.25) is 0 Å². The molecule has 1 aromatic carbocycles. The summed E-state index contributed by atoms with van der Waals surface area (Å²) in [7, 11) is -0.389. The lowest BCUT2D eigenvalue weighted by Gasteiger charge is -2.64. The molecule has 1 aliphatic heterocycles. The molecule has 0 spiro atoms. The molecule has 0 aromatic heterocycles. The van der Waals surface area contributed by atoms with Crippen molar-refractivity contribution >= 4 is 42.0 Å². The molecule has 5 rings (SSSR count). The number of carbonyl (C=O) groups is 2. The van der Waals surface area contributed by atoms with Gasteiger partial charge >= 0.3 is 7.12 Å². The van der Waals surface area contributed by atoms with Crippen LogP contribution in [-0.4, -0.2) is 37.1 Å². The standard InChI is InChI=1S/C25H34BCl2NO4/c1-14(2)8-16(11-18(30)13-29-23(31)19-12-17(27)6-7-20(19)28)26-32-22-10-15-9-21(24(15,3)4)25(22,5)33-26/h6-7,12,14-16,21-22H,8-11,13H2,1-5H3,(H,29,31)/t15?,16-,21+,22+,25-/m1/s1. The molecular formula is C25H34BCl2NO4. The number of hydrogen-bond acceptors (Lipinski definition) is 4. The molecule has 8 heteroatoms. The minimum absolute atomic E-state index is 0.0492. The van der Waals surface area contributed by atoms with Crippen LogP contribution in [0.1, 0.15) is 70.7 Å². The Morgan fingerprint density at radius 3 is 2.61 bits per heavy atom. The predicted molar refractivity (Wildman–Crippen MR) is 132 cm³/mol. The summed E-state index contributed by atoms with van der Waals surface area (Å²) in [6.07, 6.45) is 3.43. The van der Waals surface area contributed by atoms with Gasteiger partial charge in [0.05, 0.1) is 28.8 Å². The zero-order valence-corrected chi connectivity index (χ0v) is 21.6. The van der Waals surface area contributed by atoms with E-state index in [0.29, 0.717) is 34.2 Å². The van der Waals surface area contributed by atoms with E-state index in [9.17, 15) is 9.59 Å². The maximum absolute atomic E-state index is 12.9. The first-order chi connectivity index (χ1) is 15.4. The van der Waals surface area contributed by atoms with E-state index in [1.54, 1.807) is 12.1 Å². The van der Waals surface area contributed by atoms with Gasteiger partial charge in [0.25, 0.3) is 5.91 Å². The van der Waals surface area contributed by atoms with Gasteiger partial charge in [-0.1, -0.05) is 50.9 Å². The third kappa shape index (κ3) is 4.73. The minimum atomic E-state index is -0.412. The molecular weight excluding hydrogens is 460 g/mol. The van der Waals surface area contributed by atoms with Gasteiger partial charge in [0.15, 0.2) is 5.78 Å². The van der Waals surface area contributed by atoms with E-state index in [2.05, 4.69) is 39.9 Å². The second kappa shape index (κ2) is 9.18. The minimum Gasteiger partial charge on any atom is -0.405 e. The summed E-state index contributed by atoms with van der Waals surface area (Å²) in [6.45, 7) is 11.1. The molecule has 1 aromatic rings. The molecule has 3 aliphatic carbocycles. The van der Waals surface area contributed by atoms with E-state index in [1.807, 2.05) is 0 Å². The van der Waals surface area contributed by atoms with Crippen LogP contribution in [0.25, 0.3) is 0 Å². The average Bonchev–Trinajstić information content (AvgIpc) is 3.10. The van der Waals surface area contributed by atoms with Gasteiger partial charge in [-0.15, -0.1) is 0 Å². The first kappa shape index (κ1) is 25.0. The largest absolute Gasteiger partial charge is 0.461 e. The maximum Gasteiger partial charge on any atom is 0.461 e. The van der Waals surface area contributed by atoms with E-state index in [-0.39, 0.29) is 47.9 Å². The summed E-state index contributed by atoms with van der Waals surface area (Å²) in [5.74, 6) is 1.05. The van der Waals surface area contributed by atoms with Gasteiger partial charge in [-0.25, -0.2) is 0 Å². The zero-order chi connectivity index (χ0) is 24.1. The Kier molecular flexibility index (Phi) is 6.96. The third-order valence-electron chi connectivity index (χ3n) is 8.24. The number of rotatable bonds is 8. The van der Waals surface area contributed by atoms with E-state index in [4.69, 9.17) is 32.5 Å². The molecule has 5 nitrogen and oxygen atoms in total. The van der Waals surface area contributed by atoms with Crippen LogP contribution in [0.2, 0.25) is 15.9 Å². The lowest BCUT2D eigenvalue weighted by Crippen LogP contribution is -2.65. The van der Waals surface area contributed by atoms with Crippen LogP contribution in [-0.2, 0) is 14.1 Å². The molecule has 4 fully saturated rings. The SMILES string of the molecule is CC(C)C[C@H](CC(=O)CNC(=O)c1cc(Cl)ccc1Cl)B1O[C@H]2CC3C[C@@H](C3(C)C)[C@@]2(C)O1. The molecule has 5 atom stereocenters. The van der Waals surface area contributed by atoms with E-state index >= 15 is 0 Å². The summed E-state index contributed by atoms with van der Waals surface area (Å²) in [5.41, 5.74) is 0.245. The molecule has 3 saturated carbocycles. The number of benzene rings is 1. The second-order valence-corrected chi connectivity index (χ2v) is 12.1. The summed E-state index contributed by atoms with van der Waals surface area (Å²) in [6, 6.07) is 4.69. The Morgan fingerprint density at radius 1 is 1.21 bits per heavy atom. The Hall–Kier alpha value is -1.08. The van der Waals surface area contributed by atoms with Crippen LogP contribution in [0, 0.1) is 23.2 Å². The number of ketones is 1. The summed E-state index contributed by atoms with van der Waals surface area (Å²) >= 11 is 12.1. The van der Waals surface area contributed by atoms with Gasteiger partial charge in [-0.2, -0.15) is 0 Å². The fraction of sp³-hybridized carbons (Fsp3) is 0.680. The molecule has 0 radical (unpaired) electrons. The van der Waals surface area contributed by atoms with Crippen molar-refractivity contribution in [2.24, 2.45) is 23.2 Å². The van der Waals surface area contributed by atoms with Gasteiger partial charge in [-0.3, -0.25) is 9.59 Å². The molecule has 1 amide bonds. The van der Waals surface area contributed by atoms with Gasteiger partial charge in [-0.05, 0) is 67.6 Å². The topological polar surface area (TPSA) is 64.6 Å². The fourth-order valence-corrected chi connectivity index (χ4v) is 6.68. The van der Waals surface area contributed by atoms with Crippen molar-refractivity contribution < 1.29 is 18.9 Å². The van der Waals surface area contributed by atoms with Gasteiger partial charge in [0, 0.05) is 17.3 Å². The molecule has 2 bridgehead atoms. The van der Waals surface area contributed by atoms with Crippen molar-refractivity contribution in [3.63, 3.8) is 0 Å². The smallest absolute Gasteiger partial charge is 0.405 e. The van der Waals surface area contributed by atoms with E-state index in [1.165, 1.54) is 12.5 Å². The molecule has 1 N–H and O–H groups in total. The first-order valence-corrected chi connectivity index (χ1v) is 12.8. The van der Waals surface area contributed by atoms with Crippen molar-refractivity contribution in [3.8, 4) is 0 Å². The van der Waals surface area contributed by atoms with Crippen LogP contribution in [0.3, 0.4) is 0 Å². The summed E-state index contributed by atoms with van der Waals surface area (Å²) in [5, 5.41) is 3.40. The Labute approximate surface area is 207 Å². The zero-order valence-electron chi connectivity index (χ0n) is 20.1. The van der Waals surface area contributed by atoms with Crippen LogP contribution < -0.4 is 5.32 Å². The number of halogens is 2. The van der Waals surface area contributed by atoms with Crippen LogP contribution in [0.15, 0.2) is 18.2 Å². The Morgan fingerprint density at radius 2 is 1.94 bits per heavy atom. The second-order valence-electron chi connectivity index (χ2n) is 11.3. The Balaban J connectivity index is 1.39. The lowest BCUT2D eigenvalue weighted by atomic mass is 9.43. The Bertz CT molecular complexity index is 939. The lowest BCUT2D eigenvalue weighted by molar-refractivity contribution is -0.199. The van der Waals surface area contributed by atoms with Crippen LogP contribution in [0.5, 0.6) is 0 Å². The number of amides is 1. The number of hydrogen-bond donors (Lipinski definition) is 1. The number of carbonyl (C=O) groups excluding carboxylic acids is 2. The number of Topliss-reactive ketones (excluding diaryl/α,β-unsaturated/α-hetero) is 1. The maximum atomic E-state index is 12.9. The van der Waals surface area contributed by atoms with Crippen LogP contribution in [0.4, 0.5) is 0 Å². The van der Waals surface area contributed by atoms with Crippen molar-refractivity contribution in [1.29, 1.82) is 0 Å². The number of nitrogens with one attached hydrogen (secondary N) is 1. The highest BCUT2D eigenvalue weighted by Gasteiger charge is 2.68. The fourth-order valence-electron chi connectivity index (χ4n) is 6.31. The highest BCUT2D eigenvalue weighted by Crippen LogP contribution is 2.66. The highest BCUT2D eigenvalue weighted by molar-refractivity contribution is 6.47. The summed E-state index contributed by atoms with van der Waals surface area (Å²) < 4.78 is 13.1. The molecule has 1 heterocycles. The van der Waals surface area contributed by atoms with Crippen molar-refractivity contribution in [1.82, 2.24) is 5.32 Å². The van der Waals surface area contributed by atoms with Crippen molar-refractivity contribution in [2.45, 2.75) is 77.8 Å². The third-order valence-corrected chi connectivity index (χ3v) is 8.80. The average molecular weight is 494 g/mol. The van der Waals surface area contributed by atoms with Crippen molar-refractivity contribution in [2.75, 3.05) is 6.54 Å². The predicted octanol–water partition coefficient (Wildman–Crippen LogP) is 5.83. The van der Waals surface area contributed by atoms with Crippen molar-refractivity contribution in [3.05, 3.63) is 33.8 Å². The summed E-state index contributed by atoms with van der Waals surface area (Å²) in [4.78, 5) is 25.4. The molecule has 1 unspecified atom stereocenters. The van der Waals surface area contributed by atoms with E-state index in [0.717, 1.165) is 12.8 Å². The molecule has 1 saturated heterocycles. The van der Waals surface area contributed by atoms with Gasteiger partial charge < -0.3 is 14.6 Å².